The maximum Gasteiger partial charge on any atom is 0.284 e. The molecule has 1 aromatic carbocycles. The van der Waals surface area contributed by atoms with Crippen molar-refractivity contribution in [2.45, 2.75) is 5.03 Å². The van der Waals surface area contributed by atoms with Crippen LogP contribution in [0.25, 0.3) is 10.2 Å². The zero-order valence-electron chi connectivity index (χ0n) is 9.95. The minimum atomic E-state index is -4.08. The Bertz CT molecular complexity index is 844. The van der Waals surface area contributed by atoms with Gasteiger partial charge in [0.25, 0.3) is 10.0 Å². The van der Waals surface area contributed by atoms with Gasteiger partial charge in [-0.25, -0.2) is 14.4 Å². The normalized spacial score (nSPS) is 11.7. The molecular formula is C12H8FN3O2S2. The van der Waals surface area contributed by atoms with Crippen LogP contribution < -0.4 is 4.72 Å². The summed E-state index contributed by atoms with van der Waals surface area (Å²) < 4.78 is 40.7. The smallest absolute Gasteiger partial charge is 0.253 e. The fraction of sp³-hybridized carbons (Fsp3) is 0. The van der Waals surface area contributed by atoms with E-state index in [2.05, 4.69) is 14.7 Å². The standard InChI is InChI=1S/C12H8FN3O2S2/c13-8-4-3-7-14-11(8)20(17,18)16-12-15-9-5-1-2-6-10(9)19-12/h1-7H,(H,15,16). The van der Waals surface area contributed by atoms with E-state index in [9.17, 15) is 12.8 Å². The number of thiazole rings is 1. The molecule has 5 nitrogen and oxygen atoms in total. The van der Waals surface area contributed by atoms with E-state index < -0.39 is 20.9 Å². The van der Waals surface area contributed by atoms with Crippen LogP contribution in [0.1, 0.15) is 0 Å². The number of para-hydroxylation sites is 1. The lowest BCUT2D eigenvalue weighted by Crippen LogP contribution is -2.15. The molecule has 20 heavy (non-hydrogen) atoms. The van der Waals surface area contributed by atoms with Crippen molar-refractivity contribution < 1.29 is 12.8 Å². The fourth-order valence-corrected chi connectivity index (χ4v) is 3.76. The van der Waals surface area contributed by atoms with Gasteiger partial charge in [-0.15, -0.1) is 0 Å². The highest BCUT2D eigenvalue weighted by atomic mass is 32.2. The number of nitrogens with zero attached hydrogens (tertiary/aromatic N) is 2. The van der Waals surface area contributed by atoms with Crippen molar-refractivity contribution in [1.82, 2.24) is 9.97 Å². The molecule has 0 aliphatic rings. The number of fused-ring (bicyclic) bond motifs is 1. The molecule has 0 amide bonds. The molecule has 3 rings (SSSR count). The summed E-state index contributed by atoms with van der Waals surface area (Å²) in [6, 6.07) is 9.60. The summed E-state index contributed by atoms with van der Waals surface area (Å²) >= 11 is 1.17. The third-order valence-electron chi connectivity index (χ3n) is 2.49. The number of hydrogen-bond acceptors (Lipinski definition) is 5. The molecule has 0 radical (unpaired) electrons. The van der Waals surface area contributed by atoms with Gasteiger partial charge in [-0.05, 0) is 24.3 Å². The van der Waals surface area contributed by atoms with Gasteiger partial charge in [0.05, 0.1) is 10.2 Å². The van der Waals surface area contributed by atoms with Crippen LogP contribution in [0.4, 0.5) is 9.52 Å². The van der Waals surface area contributed by atoms with Crippen LogP contribution in [0.3, 0.4) is 0 Å². The van der Waals surface area contributed by atoms with Crippen LogP contribution in [0.2, 0.25) is 0 Å². The second kappa shape index (κ2) is 4.80. The molecule has 0 aliphatic carbocycles. The predicted molar refractivity (Wildman–Crippen MR) is 74.6 cm³/mol. The highest BCUT2D eigenvalue weighted by molar-refractivity contribution is 7.92. The number of halogens is 1. The Morgan fingerprint density at radius 1 is 1.15 bits per heavy atom. The number of rotatable bonds is 3. The molecule has 0 saturated heterocycles. The van der Waals surface area contributed by atoms with Gasteiger partial charge in [0.2, 0.25) is 5.03 Å². The van der Waals surface area contributed by atoms with Crippen LogP contribution in [-0.4, -0.2) is 18.4 Å². The van der Waals surface area contributed by atoms with Crippen LogP contribution in [0, 0.1) is 5.82 Å². The third-order valence-corrected chi connectivity index (χ3v) is 4.85. The third kappa shape index (κ3) is 2.35. The first-order chi connectivity index (χ1) is 9.56. The van der Waals surface area contributed by atoms with Crippen molar-refractivity contribution in [1.29, 1.82) is 0 Å². The molecule has 102 valence electrons. The quantitative estimate of drug-likeness (QED) is 0.807. The molecule has 0 atom stereocenters. The summed E-state index contributed by atoms with van der Waals surface area (Å²) in [5.74, 6) is -0.902. The van der Waals surface area contributed by atoms with E-state index >= 15 is 0 Å². The first kappa shape index (κ1) is 12.9. The van der Waals surface area contributed by atoms with Crippen LogP contribution >= 0.6 is 11.3 Å². The molecule has 2 heterocycles. The number of anilines is 1. The molecule has 1 N–H and O–H groups in total. The first-order valence-corrected chi connectivity index (χ1v) is 7.85. The topological polar surface area (TPSA) is 72.0 Å². The maximum absolute atomic E-state index is 13.5. The lowest BCUT2D eigenvalue weighted by Gasteiger charge is -2.04. The summed E-state index contributed by atoms with van der Waals surface area (Å²) in [6.45, 7) is 0. The lowest BCUT2D eigenvalue weighted by atomic mass is 10.3. The van der Waals surface area contributed by atoms with E-state index in [1.165, 1.54) is 23.6 Å². The number of nitrogens with one attached hydrogen (secondary N) is 1. The number of aromatic nitrogens is 2. The van der Waals surface area contributed by atoms with E-state index in [0.29, 0.717) is 5.52 Å². The Hall–Kier alpha value is -2.06. The van der Waals surface area contributed by atoms with Crippen molar-refractivity contribution in [2.75, 3.05) is 4.72 Å². The van der Waals surface area contributed by atoms with Crippen LogP contribution in [0.5, 0.6) is 0 Å². The summed E-state index contributed by atoms with van der Waals surface area (Å²) in [4.78, 5) is 7.68. The lowest BCUT2D eigenvalue weighted by molar-refractivity contribution is 0.557. The predicted octanol–water partition coefficient (Wildman–Crippen LogP) is 2.63. The van der Waals surface area contributed by atoms with E-state index in [-0.39, 0.29) is 5.13 Å². The monoisotopic (exact) mass is 309 g/mol. The van der Waals surface area contributed by atoms with Crippen molar-refractivity contribution in [3.8, 4) is 0 Å². The second-order valence-electron chi connectivity index (χ2n) is 3.88. The van der Waals surface area contributed by atoms with Crippen LogP contribution in [0.15, 0.2) is 47.6 Å². The molecule has 0 fully saturated rings. The average Bonchev–Trinajstić information content (AvgIpc) is 2.80. The van der Waals surface area contributed by atoms with E-state index in [4.69, 9.17) is 0 Å². The second-order valence-corrected chi connectivity index (χ2v) is 6.51. The molecule has 0 aliphatic heterocycles. The molecule has 0 saturated carbocycles. The number of pyridine rings is 1. The van der Waals surface area contributed by atoms with Gasteiger partial charge in [-0.1, -0.05) is 23.5 Å². The van der Waals surface area contributed by atoms with Crippen molar-refractivity contribution >= 4 is 36.7 Å². The number of hydrogen-bond donors (Lipinski definition) is 1. The number of sulfonamides is 1. The van der Waals surface area contributed by atoms with E-state index in [1.807, 2.05) is 12.1 Å². The van der Waals surface area contributed by atoms with Gasteiger partial charge in [-0.2, -0.15) is 8.42 Å². The van der Waals surface area contributed by atoms with E-state index in [1.54, 1.807) is 12.1 Å². The Morgan fingerprint density at radius 3 is 2.70 bits per heavy atom. The van der Waals surface area contributed by atoms with Gasteiger partial charge < -0.3 is 0 Å². The first-order valence-electron chi connectivity index (χ1n) is 5.55. The summed E-state index contributed by atoms with van der Waals surface area (Å²) in [5.41, 5.74) is 0.677. The minimum Gasteiger partial charge on any atom is -0.253 e. The van der Waals surface area contributed by atoms with Gasteiger partial charge in [0.15, 0.2) is 10.9 Å². The molecule has 3 aromatic rings. The average molecular weight is 309 g/mol. The Balaban J connectivity index is 1.99. The van der Waals surface area contributed by atoms with Gasteiger partial charge >= 0.3 is 0 Å². The summed E-state index contributed by atoms with van der Waals surface area (Å²) in [5, 5.41) is -0.462. The van der Waals surface area contributed by atoms with Crippen molar-refractivity contribution in [2.24, 2.45) is 0 Å². The molecule has 2 aromatic heterocycles. The van der Waals surface area contributed by atoms with E-state index in [0.717, 1.165) is 10.8 Å². The summed E-state index contributed by atoms with van der Waals surface area (Å²) in [7, 11) is -4.08. The van der Waals surface area contributed by atoms with Gasteiger partial charge in [0.1, 0.15) is 0 Å². The summed E-state index contributed by atoms with van der Waals surface area (Å²) in [6.07, 6.45) is 1.22. The maximum atomic E-state index is 13.5. The molecule has 0 spiro atoms. The van der Waals surface area contributed by atoms with Crippen LogP contribution in [-0.2, 0) is 10.0 Å². The van der Waals surface area contributed by atoms with Gasteiger partial charge in [-0.3, -0.25) is 4.72 Å². The van der Waals surface area contributed by atoms with Crippen molar-refractivity contribution in [3.63, 3.8) is 0 Å². The minimum absolute atomic E-state index is 0.177. The van der Waals surface area contributed by atoms with Crippen molar-refractivity contribution in [3.05, 3.63) is 48.4 Å². The van der Waals surface area contributed by atoms with Gasteiger partial charge in [0, 0.05) is 6.20 Å². The Morgan fingerprint density at radius 2 is 1.95 bits per heavy atom. The highest BCUT2D eigenvalue weighted by Gasteiger charge is 2.21. The molecule has 0 bridgehead atoms. The molecular weight excluding hydrogens is 301 g/mol. The molecule has 0 unspecified atom stereocenters. The molecule has 8 heteroatoms. The Kier molecular flexibility index (Phi) is 3.11. The largest absolute Gasteiger partial charge is 0.284 e. The highest BCUT2D eigenvalue weighted by Crippen LogP contribution is 2.27. The SMILES string of the molecule is O=S(=O)(Nc1nc2ccccc2s1)c1ncccc1F. The Labute approximate surface area is 118 Å². The zero-order chi connectivity index (χ0) is 14.2. The number of benzene rings is 1. The zero-order valence-corrected chi connectivity index (χ0v) is 11.6. The fourth-order valence-electron chi connectivity index (χ4n) is 1.65.